The van der Waals surface area contributed by atoms with Crippen LogP contribution in [0.5, 0.6) is 0 Å². The van der Waals surface area contributed by atoms with E-state index in [-0.39, 0.29) is 5.54 Å². The molecule has 0 aliphatic heterocycles. The molecule has 0 radical (unpaired) electrons. The van der Waals surface area contributed by atoms with E-state index in [0.717, 1.165) is 25.1 Å². The van der Waals surface area contributed by atoms with Gasteiger partial charge in [0.2, 0.25) is 0 Å². The van der Waals surface area contributed by atoms with Crippen molar-refractivity contribution in [2.75, 3.05) is 7.05 Å². The number of nitrogens with zero attached hydrogens (tertiary/aromatic N) is 1. The van der Waals surface area contributed by atoms with Gasteiger partial charge in [0.05, 0.1) is 5.56 Å². The Kier molecular flexibility index (Phi) is 2.66. The molecule has 0 spiro atoms. The third kappa shape index (κ3) is 2.35. The first kappa shape index (κ1) is 11.4. The third-order valence-electron chi connectivity index (χ3n) is 3.06. The first-order chi connectivity index (χ1) is 7.45. The Balaban J connectivity index is 2.08. The topological polar surface area (TPSA) is 24.9 Å². The molecule has 16 heavy (non-hydrogen) atoms. The molecule has 1 fully saturated rings. The molecule has 0 aromatic carbocycles. The molecule has 1 N–H and O–H groups in total. The van der Waals surface area contributed by atoms with E-state index in [9.17, 15) is 13.2 Å². The van der Waals surface area contributed by atoms with Crippen molar-refractivity contribution >= 4 is 0 Å². The van der Waals surface area contributed by atoms with E-state index in [1.165, 1.54) is 6.07 Å². The van der Waals surface area contributed by atoms with E-state index in [0.29, 0.717) is 12.1 Å². The molecule has 5 heteroatoms. The molecule has 0 saturated heterocycles. The molecule has 1 aliphatic rings. The first-order valence-corrected chi connectivity index (χ1v) is 5.16. The molecule has 0 unspecified atom stereocenters. The molecule has 0 amide bonds. The lowest BCUT2D eigenvalue weighted by molar-refractivity contribution is -0.137. The molecule has 1 heterocycles. The molecule has 2 nitrogen and oxygen atoms in total. The minimum Gasteiger partial charge on any atom is -0.314 e. The molecule has 88 valence electrons. The number of hydrogen-bond acceptors (Lipinski definition) is 2. The minimum atomic E-state index is -4.30. The van der Waals surface area contributed by atoms with Crippen molar-refractivity contribution in [3.63, 3.8) is 0 Å². The van der Waals surface area contributed by atoms with Crippen molar-refractivity contribution in [3.8, 4) is 0 Å². The van der Waals surface area contributed by atoms with Crippen molar-refractivity contribution in [3.05, 3.63) is 29.6 Å². The monoisotopic (exact) mass is 230 g/mol. The molecule has 0 atom stereocenters. The summed E-state index contributed by atoms with van der Waals surface area (Å²) in [5, 5.41) is 3.18. The normalized spacial score (nSPS) is 18.5. The van der Waals surface area contributed by atoms with E-state index in [1.54, 1.807) is 0 Å². The van der Waals surface area contributed by atoms with Crippen LogP contribution in [0.25, 0.3) is 0 Å². The highest BCUT2D eigenvalue weighted by Crippen LogP contribution is 2.38. The minimum absolute atomic E-state index is 0.0761. The fraction of sp³-hybridized carbons (Fsp3) is 0.545. The summed E-state index contributed by atoms with van der Waals surface area (Å²) < 4.78 is 36.9. The predicted octanol–water partition coefficient (Wildman–Crippen LogP) is 2.39. The third-order valence-corrected chi connectivity index (χ3v) is 3.06. The second kappa shape index (κ2) is 3.73. The van der Waals surface area contributed by atoms with Crippen LogP contribution in [0.1, 0.15) is 24.1 Å². The number of pyridine rings is 1. The Hall–Kier alpha value is -1.10. The Bertz CT molecular complexity index is 366. The Morgan fingerprint density at radius 2 is 2.06 bits per heavy atom. The van der Waals surface area contributed by atoms with E-state index >= 15 is 0 Å². The van der Waals surface area contributed by atoms with E-state index in [4.69, 9.17) is 0 Å². The molecule has 1 aromatic heterocycles. The standard InChI is InChI=1S/C11H13F3N2/c1-15-10(4-5-10)6-9-3-2-8(7-16-9)11(12,13)14/h2-3,7,15H,4-6H2,1H3. The average molecular weight is 230 g/mol. The van der Waals surface area contributed by atoms with Crippen molar-refractivity contribution < 1.29 is 13.2 Å². The maximum Gasteiger partial charge on any atom is 0.417 e. The maximum absolute atomic E-state index is 12.3. The van der Waals surface area contributed by atoms with Gasteiger partial charge in [-0.05, 0) is 32.0 Å². The summed E-state index contributed by atoms with van der Waals surface area (Å²) in [5.74, 6) is 0. The number of nitrogens with one attached hydrogen (secondary N) is 1. The molecule has 1 aliphatic carbocycles. The highest BCUT2D eigenvalue weighted by atomic mass is 19.4. The zero-order valence-electron chi connectivity index (χ0n) is 8.93. The van der Waals surface area contributed by atoms with Crippen LogP contribution < -0.4 is 5.32 Å². The number of likely N-dealkylation sites (N-methyl/N-ethyl adjacent to an activating group) is 1. The molecule has 1 saturated carbocycles. The number of alkyl halides is 3. The van der Waals surface area contributed by atoms with Crippen LogP contribution in [0.15, 0.2) is 18.3 Å². The first-order valence-electron chi connectivity index (χ1n) is 5.16. The van der Waals surface area contributed by atoms with Crippen LogP contribution in [0.3, 0.4) is 0 Å². The van der Waals surface area contributed by atoms with Crippen LogP contribution in [0, 0.1) is 0 Å². The van der Waals surface area contributed by atoms with Gasteiger partial charge in [0, 0.05) is 23.9 Å². The second-order valence-corrected chi connectivity index (χ2v) is 4.24. The lowest BCUT2D eigenvalue weighted by Crippen LogP contribution is -2.29. The van der Waals surface area contributed by atoms with Crippen LogP contribution in [0.2, 0.25) is 0 Å². The SMILES string of the molecule is CNC1(Cc2ccc(C(F)(F)F)cn2)CC1. The fourth-order valence-corrected chi connectivity index (χ4v) is 1.71. The number of rotatable bonds is 3. The van der Waals surface area contributed by atoms with Gasteiger partial charge in [0.25, 0.3) is 0 Å². The summed E-state index contributed by atoms with van der Waals surface area (Å²) in [7, 11) is 1.87. The van der Waals surface area contributed by atoms with Crippen LogP contribution >= 0.6 is 0 Å². The van der Waals surface area contributed by atoms with Gasteiger partial charge < -0.3 is 5.32 Å². The largest absolute Gasteiger partial charge is 0.417 e. The maximum atomic E-state index is 12.3. The van der Waals surface area contributed by atoms with Gasteiger partial charge in [-0.1, -0.05) is 0 Å². The second-order valence-electron chi connectivity index (χ2n) is 4.24. The van der Waals surface area contributed by atoms with Crippen molar-refractivity contribution in [1.29, 1.82) is 0 Å². The summed E-state index contributed by atoms with van der Waals surface area (Å²) in [6.07, 6.45) is -0.576. The Morgan fingerprint density at radius 3 is 2.44 bits per heavy atom. The molecular weight excluding hydrogens is 217 g/mol. The summed E-state index contributed by atoms with van der Waals surface area (Å²) in [4.78, 5) is 3.86. The lowest BCUT2D eigenvalue weighted by Gasteiger charge is -2.13. The van der Waals surface area contributed by atoms with Gasteiger partial charge >= 0.3 is 6.18 Å². The van der Waals surface area contributed by atoms with Crippen LogP contribution in [0.4, 0.5) is 13.2 Å². The van der Waals surface area contributed by atoms with Crippen LogP contribution in [-0.4, -0.2) is 17.6 Å². The van der Waals surface area contributed by atoms with Crippen molar-refractivity contribution in [2.24, 2.45) is 0 Å². The Morgan fingerprint density at radius 1 is 1.38 bits per heavy atom. The number of hydrogen-bond donors (Lipinski definition) is 1. The summed E-state index contributed by atoms with van der Waals surface area (Å²) in [6, 6.07) is 2.55. The fourth-order valence-electron chi connectivity index (χ4n) is 1.71. The van der Waals surface area contributed by atoms with E-state index in [2.05, 4.69) is 10.3 Å². The van der Waals surface area contributed by atoms with Crippen molar-refractivity contribution in [2.45, 2.75) is 31.0 Å². The van der Waals surface area contributed by atoms with Gasteiger partial charge in [-0.3, -0.25) is 4.98 Å². The van der Waals surface area contributed by atoms with E-state index < -0.39 is 11.7 Å². The number of halogens is 3. The van der Waals surface area contributed by atoms with Gasteiger partial charge in [-0.2, -0.15) is 13.2 Å². The molecule has 0 bridgehead atoms. The summed E-state index contributed by atoms with van der Waals surface area (Å²) in [5.41, 5.74) is 0.0950. The van der Waals surface area contributed by atoms with Gasteiger partial charge in [0.1, 0.15) is 0 Å². The van der Waals surface area contributed by atoms with Gasteiger partial charge in [-0.25, -0.2) is 0 Å². The molecule has 1 aromatic rings. The number of aromatic nitrogens is 1. The van der Waals surface area contributed by atoms with Gasteiger partial charge in [0.15, 0.2) is 0 Å². The average Bonchev–Trinajstić information content (AvgIpc) is 2.98. The lowest BCUT2D eigenvalue weighted by atomic mass is 10.1. The highest BCUT2D eigenvalue weighted by Gasteiger charge is 2.41. The molecular formula is C11H13F3N2. The highest BCUT2D eigenvalue weighted by molar-refractivity contribution is 5.20. The summed E-state index contributed by atoms with van der Waals surface area (Å²) >= 11 is 0. The zero-order valence-corrected chi connectivity index (χ0v) is 8.93. The van der Waals surface area contributed by atoms with E-state index in [1.807, 2.05) is 7.05 Å². The Labute approximate surface area is 91.9 Å². The van der Waals surface area contributed by atoms with Gasteiger partial charge in [-0.15, -0.1) is 0 Å². The predicted molar refractivity (Wildman–Crippen MR) is 54.0 cm³/mol. The van der Waals surface area contributed by atoms with Crippen molar-refractivity contribution in [1.82, 2.24) is 10.3 Å². The summed E-state index contributed by atoms with van der Waals surface area (Å²) in [6.45, 7) is 0. The molecule has 2 rings (SSSR count). The quantitative estimate of drug-likeness (QED) is 0.862. The van der Waals surface area contributed by atoms with Crippen LogP contribution in [-0.2, 0) is 12.6 Å². The smallest absolute Gasteiger partial charge is 0.314 e. The zero-order chi connectivity index (χ0) is 11.8.